The highest BCUT2D eigenvalue weighted by atomic mass is 16.3. The fraction of sp³-hybridized carbons (Fsp3) is 0.818. The van der Waals surface area contributed by atoms with Crippen LogP contribution in [0.1, 0.15) is 38.5 Å². The van der Waals surface area contributed by atoms with Crippen molar-refractivity contribution in [2.45, 2.75) is 50.7 Å². The third-order valence-electron chi connectivity index (χ3n) is 2.96. The molecule has 13 heavy (non-hydrogen) atoms. The first kappa shape index (κ1) is 10.7. The summed E-state index contributed by atoms with van der Waals surface area (Å²) in [6.45, 7) is 3.56. The lowest BCUT2D eigenvalue weighted by atomic mass is 9.85. The van der Waals surface area contributed by atoms with Crippen molar-refractivity contribution < 1.29 is 10.2 Å². The van der Waals surface area contributed by atoms with Crippen molar-refractivity contribution >= 4 is 0 Å². The minimum Gasteiger partial charge on any atom is -0.393 e. The Hall–Kier alpha value is -0.340. The Morgan fingerprint density at radius 1 is 1.15 bits per heavy atom. The molecule has 2 N–H and O–H groups in total. The van der Waals surface area contributed by atoms with E-state index >= 15 is 0 Å². The van der Waals surface area contributed by atoms with Crippen LogP contribution in [0.2, 0.25) is 0 Å². The van der Waals surface area contributed by atoms with Gasteiger partial charge in [0.2, 0.25) is 0 Å². The Balaban J connectivity index is 2.50. The quantitative estimate of drug-likeness (QED) is 0.643. The van der Waals surface area contributed by atoms with Crippen molar-refractivity contribution in [2.75, 3.05) is 0 Å². The summed E-state index contributed by atoms with van der Waals surface area (Å²) in [4.78, 5) is 0. The monoisotopic (exact) mass is 184 g/mol. The van der Waals surface area contributed by atoms with Gasteiger partial charge in [0.1, 0.15) is 0 Å². The van der Waals surface area contributed by atoms with E-state index in [-0.39, 0.29) is 12.0 Å². The Kier molecular flexibility index (Phi) is 4.46. The first-order valence-corrected chi connectivity index (χ1v) is 5.24. The maximum atomic E-state index is 9.77. The molecule has 0 heterocycles. The molecule has 0 aromatic rings. The van der Waals surface area contributed by atoms with Crippen LogP contribution in [-0.2, 0) is 0 Å². The van der Waals surface area contributed by atoms with Gasteiger partial charge in [-0.2, -0.15) is 0 Å². The summed E-state index contributed by atoms with van der Waals surface area (Å²) < 4.78 is 0. The van der Waals surface area contributed by atoms with Crippen molar-refractivity contribution in [1.82, 2.24) is 0 Å². The molecule has 1 fully saturated rings. The third-order valence-corrected chi connectivity index (χ3v) is 2.96. The normalized spacial score (nSPS) is 33.1. The molecule has 0 saturated heterocycles. The summed E-state index contributed by atoms with van der Waals surface area (Å²) in [6.07, 6.45) is 7.07. The fourth-order valence-electron chi connectivity index (χ4n) is 2.07. The topological polar surface area (TPSA) is 40.5 Å². The van der Waals surface area contributed by atoms with Crippen LogP contribution in [0, 0.1) is 5.92 Å². The molecular formula is C11H20O2. The van der Waals surface area contributed by atoms with E-state index in [2.05, 4.69) is 6.58 Å². The predicted molar refractivity (Wildman–Crippen MR) is 53.4 cm³/mol. The van der Waals surface area contributed by atoms with Gasteiger partial charge < -0.3 is 10.2 Å². The van der Waals surface area contributed by atoms with E-state index in [0.717, 1.165) is 25.7 Å². The number of aliphatic hydroxyl groups is 2. The average Bonchev–Trinajstić information content (AvgIpc) is 2.11. The average molecular weight is 184 g/mol. The number of aliphatic hydroxyl groups excluding tert-OH is 2. The summed E-state index contributed by atoms with van der Waals surface area (Å²) in [6, 6.07) is 0. The van der Waals surface area contributed by atoms with E-state index in [4.69, 9.17) is 0 Å². The largest absolute Gasteiger partial charge is 0.393 e. The van der Waals surface area contributed by atoms with E-state index < -0.39 is 6.10 Å². The molecule has 3 atom stereocenters. The molecule has 1 rings (SSSR count). The molecule has 0 bridgehead atoms. The molecule has 0 aromatic heterocycles. The lowest BCUT2D eigenvalue weighted by Crippen LogP contribution is -2.31. The number of rotatable bonds is 2. The van der Waals surface area contributed by atoms with Crippen molar-refractivity contribution in [3.8, 4) is 0 Å². The second-order valence-corrected chi connectivity index (χ2v) is 3.95. The summed E-state index contributed by atoms with van der Waals surface area (Å²) in [5.74, 6) is 0.0119. The number of hydrogen-bond donors (Lipinski definition) is 2. The van der Waals surface area contributed by atoms with Gasteiger partial charge in [-0.3, -0.25) is 0 Å². The second-order valence-electron chi connectivity index (χ2n) is 3.95. The van der Waals surface area contributed by atoms with Crippen molar-refractivity contribution in [1.29, 1.82) is 0 Å². The highest BCUT2D eigenvalue weighted by molar-refractivity contribution is 4.88. The lowest BCUT2D eigenvalue weighted by molar-refractivity contribution is 0.0190. The van der Waals surface area contributed by atoms with E-state index in [1.54, 1.807) is 0 Å². The SMILES string of the molecule is C=CC(O)C1CCCCCCC1O. The van der Waals surface area contributed by atoms with Gasteiger partial charge in [-0.1, -0.05) is 31.8 Å². The molecule has 0 radical (unpaired) electrons. The zero-order valence-corrected chi connectivity index (χ0v) is 8.15. The maximum absolute atomic E-state index is 9.77. The lowest BCUT2D eigenvalue weighted by Gasteiger charge is -2.27. The highest BCUT2D eigenvalue weighted by Crippen LogP contribution is 2.25. The minimum absolute atomic E-state index is 0.0119. The van der Waals surface area contributed by atoms with Crippen LogP contribution in [-0.4, -0.2) is 22.4 Å². The zero-order valence-electron chi connectivity index (χ0n) is 8.15. The molecule has 1 saturated carbocycles. The van der Waals surface area contributed by atoms with Gasteiger partial charge in [0, 0.05) is 5.92 Å². The molecule has 0 spiro atoms. The summed E-state index contributed by atoms with van der Waals surface area (Å²) in [5.41, 5.74) is 0. The van der Waals surface area contributed by atoms with E-state index in [1.807, 2.05) is 0 Å². The second kappa shape index (κ2) is 5.40. The van der Waals surface area contributed by atoms with Crippen LogP contribution in [0.25, 0.3) is 0 Å². The van der Waals surface area contributed by atoms with Crippen LogP contribution >= 0.6 is 0 Å². The molecule has 3 unspecified atom stereocenters. The van der Waals surface area contributed by atoms with Gasteiger partial charge in [-0.15, -0.1) is 6.58 Å². The predicted octanol–water partition coefficient (Wildman–Crippen LogP) is 1.86. The fourth-order valence-corrected chi connectivity index (χ4v) is 2.07. The molecule has 0 aliphatic heterocycles. The summed E-state index contributed by atoms with van der Waals surface area (Å²) in [7, 11) is 0. The molecule has 2 nitrogen and oxygen atoms in total. The van der Waals surface area contributed by atoms with E-state index in [9.17, 15) is 10.2 Å². The minimum atomic E-state index is -0.534. The summed E-state index contributed by atoms with van der Waals surface area (Å²) >= 11 is 0. The Bertz CT molecular complexity index is 156. The molecule has 2 heteroatoms. The number of hydrogen-bond acceptors (Lipinski definition) is 2. The van der Waals surface area contributed by atoms with Crippen LogP contribution in [0.3, 0.4) is 0 Å². The van der Waals surface area contributed by atoms with Gasteiger partial charge in [0.25, 0.3) is 0 Å². The Labute approximate surface area is 80.3 Å². The smallest absolute Gasteiger partial charge is 0.0771 e. The van der Waals surface area contributed by atoms with Crippen molar-refractivity contribution in [2.24, 2.45) is 5.92 Å². The summed E-state index contributed by atoms with van der Waals surface area (Å²) in [5, 5.41) is 19.4. The molecular weight excluding hydrogens is 164 g/mol. The molecule has 76 valence electrons. The van der Waals surface area contributed by atoms with Gasteiger partial charge in [0.05, 0.1) is 12.2 Å². The highest BCUT2D eigenvalue weighted by Gasteiger charge is 2.25. The van der Waals surface area contributed by atoms with Gasteiger partial charge in [-0.05, 0) is 12.8 Å². The van der Waals surface area contributed by atoms with E-state index in [1.165, 1.54) is 18.9 Å². The van der Waals surface area contributed by atoms with Gasteiger partial charge in [-0.25, -0.2) is 0 Å². The first-order valence-electron chi connectivity index (χ1n) is 5.24. The molecule has 0 amide bonds. The van der Waals surface area contributed by atoms with E-state index in [0.29, 0.717) is 0 Å². The molecule has 1 aliphatic carbocycles. The molecule has 1 aliphatic rings. The standard InChI is InChI=1S/C11H20O2/c1-2-10(12)9-7-5-3-4-6-8-11(9)13/h2,9-13H,1,3-8H2. The third kappa shape index (κ3) is 3.12. The van der Waals surface area contributed by atoms with Crippen LogP contribution < -0.4 is 0 Å². The maximum Gasteiger partial charge on any atom is 0.0771 e. The van der Waals surface area contributed by atoms with Crippen molar-refractivity contribution in [3.63, 3.8) is 0 Å². The zero-order chi connectivity index (χ0) is 9.68. The van der Waals surface area contributed by atoms with Crippen LogP contribution in [0.5, 0.6) is 0 Å². The van der Waals surface area contributed by atoms with Gasteiger partial charge >= 0.3 is 0 Å². The van der Waals surface area contributed by atoms with Gasteiger partial charge in [0.15, 0.2) is 0 Å². The van der Waals surface area contributed by atoms with Crippen molar-refractivity contribution in [3.05, 3.63) is 12.7 Å². The van der Waals surface area contributed by atoms with Crippen LogP contribution in [0.15, 0.2) is 12.7 Å². The Morgan fingerprint density at radius 3 is 2.38 bits per heavy atom. The molecule has 0 aromatic carbocycles. The first-order chi connectivity index (χ1) is 6.25. The van der Waals surface area contributed by atoms with Crippen LogP contribution in [0.4, 0.5) is 0 Å². The Morgan fingerprint density at radius 2 is 1.77 bits per heavy atom.